The highest BCUT2D eigenvalue weighted by Crippen LogP contribution is 2.38. The second kappa shape index (κ2) is 5.85. The monoisotopic (exact) mass is 252 g/mol. The molecule has 0 heterocycles. The predicted octanol–water partition coefficient (Wildman–Crippen LogP) is 2.79. The topological polar surface area (TPSA) is 35.5 Å². The molecule has 0 aliphatic heterocycles. The molecule has 4 heteroatoms. The normalized spacial score (nSPS) is 21.4. The van der Waals surface area contributed by atoms with Crippen molar-refractivity contribution in [2.24, 2.45) is 11.8 Å². The van der Waals surface area contributed by atoms with E-state index in [1.165, 1.54) is 12.1 Å². The Morgan fingerprint density at radius 2 is 2.00 bits per heavy atom. The van der Waals surface area contributed by atoms with Crippen LogP contribution in [0.5, 0.6) is 5.75 Å². The molecule has 0 amide bonds. The second-order valence-corrected chi connectivity index (χ2v) is 4.64. The van der Waals surface area contributed by atoms with Gasteiger partial charge in [-0.2, -0.15) is 0 Å². The summed E-state index contributed by atoms with van der Waals surface area (Å²) in [5, 5.41) is 0. The smallest absolute Gasteiger partial charge is 0.309 e. The van der Waals surface area contributed by atoms with Crippen LogP contribution in [0.15, 0.2) is 24.3 Å². The van der Waals surface area contributed by atoms with E-state index in [9.17, 15) is 9.18 Å². The van der Waals surface area contributed by atoms with Gasteiger partial charge < -0.3 is 9.47 Å². The first-order valence-corrected chi connectivity index (χ1v) is 6.22. The molecule has 0 radical (unpaired) electrons. The Bertz CT molecular complexity index is 402. The predicted molar refractivity (Wildman–Crippen MR) is 64.7 cm³/mol. The molecule has 2 unspecified atom stereocenters. The van der Waals surface area contributed by atoms with E-state index < -0.39 is 0 Å². The number of benzene rings is 1. The van der Waals surface area contributed by atoms with Crippen molar-refractivity contribution in [2.45, 2.75) is 19.8 Å². The van der Waals surface area contributed by atoms with Crippen molar-refractivity contribution < 1.29 is 18.7 Å². The zero-order valence-corrected chi connectivity index (χ0v) is 10.4. The summed E-state index contributed by atoms with van der Waals surface area (Å²) in [7, 11) is 0. The highest BCUT2D eigenvalue weighted by Gasteiger charge is 2.40. The maximum Gasteiger partial charge on any atom is 0.309 e. The minimum absolute atomic E-state index is 0.0933. The van der Waals surface area contributed by atoms with Gasteiger partial charge in [-0.3, -0.25) is 4.79 Å². The molecule has 0 aromatic heterocycles. The Labute approximate surface area is 106 Å². The molecule has 3 nitrogen and oxygen atoms in total. The Kier molecular flexibility index (Phi) is 4.18. The van der Waals surface area contributed by atoms with Crippen LogP contribution in [0.2, 0.25) is 0 Å². The van der Waals surface area contributed by atoms with Gasteiger partial charge in [-0.1, -0.05) is 6.92 Å². The first kappa shape index (κ1) is 12.9. The Hall–Kier alpha value is -1.58. The lowest BCUT2D eigenvalue weighted by Crippen LogP contribution is -2.11. The van der Waals surface area contributed by atoms with Gasteiger partial charge >= 0.3 is 5.97 Å². The fourth-order valence-corrected chi connectivity index (χ4v) is 1.71. The number of hydrogen-bond donors (Lipinski definition) is 0. The molecule has 1 aliphatic carbocycles. The average Bonchev–Trinajstić information content (AvgIpc) is 3.08. The summed E-state index contributed by atoms with van der Waals surface area (Å²) in [6.45, 7) is 2.88. The van der Waals surface area contributed by atoms with E-state index in [4.69, 9.17) is 9.47 Å². The lowest BCUT2D eigenvalue weighted by molar-refractivity contribution is -0.145. The molecule has 0 saturated heterocycles. The van der Waals surface area contributed by atoms with Crippen LogP contribution in [0, 0.1) is 17.7 Å². The van der Waals surface area contributed by atoms with Crippen molar-refractivity contribution in [3.63, 3.8) is 0 Å². The molecule has 2 rings (SSSR count). The molecule has 0 spiro atoms. The lowest BCUT2D eigenvalue weighted by Gasteiger charge is -2.06. The maximum atomic E-state index is 12.6. The van der Waals surface area contributed by atoms with Gasteiger partial charge in [0.2, 0.25) is 0 Å². The van der Waals surface area contributed by atoms with Crippen molar-refractivity contribution in [1.29, 1.82) is 0 Å². The molecule has 1 aliphatic rings. The van der Waals surface area contributed by atoms with Crippen LogP contribution >= 0.6 is 0 Å². The summed E-state index contributed by atoms with van der Waals surface area (Å²) < 4.78 is 23.1. The zero-order valence-electron chi connectivity index (χ0n) is 10.4. The Balaban J connectivity index is 1.56. The first-order valence-electron chi connectivity index (χ1n) is 6.22. The molecular weight excluding hydrogens is 235 g/mol. The minimum Gasteiger partial charge on any atom is -0.493 e. The van der Waals surface area contributed by atoms with Gasteiger partial charge in [0.1, 0.15) is 11.6 Å². The number of carbonyl (C=O) groups excluding carboxylic acids is 1. The third kappa shape index (κ3) is 3.72. The van der Waals surface area contributed by atoms with Crippen LogP contribution in [0.4, 0.5) is 4.39 Å². The molecule has 1 aromatic carbocycles. The van der Waals surface area contributed by atoms with Crippen LogP contribution in [-0.4, -0.2) is 19.2 Å². The summed E-state index contributed by atoms with van der Waals surface area (Å²) in [5.41, 5.74) is 0. The number of halogens is 1. The van der Waals surface area contributed by atoms with E-state index in [0.717, 1.165) is 6.42 Å². The molecule has 0 bridgehead atoms. The van der Waals surface area contributed by atoms with Gasteiger partial charge in [-0.25, -0.2) is 4.39 Å². The number of hydrogen-bond acceptors (Lipinski definition) is 3. The van der Waals surface area contributed by atoms with Crippen molar-refractivity contribution in [3.05, 3.63) is 30.1 Å². The first-order chi connectivity index (χ1) is 8.66. The number of esters is 1. The van der Waals surface area contributed by atoms with E-state index in [0.29, 0.717) is 31.3 Å². The molecule has 1 aromatic rings. The van der Waals surface area contributed by atoms with E-state index in [-0.39, 0.29) is 17.7 Å². The summed E-state index contributed by atoms with van der Waals surface area (Å²) >= 11 is 0. The SMILES string of the molecule is CC1CC1C(=O)OCCCOc1ccc(F)cc1. The van der Waals surface area contributed by atoms with Crippen molar-refractivity contribution in [1.82, 2.24) is 0 Å². The van der Waals surface area contributed by atoms with Gasteiger partial charge in [-0.15, -0.1) is 0 Å². The summed E-state index contributed by atoms with van der Waals surface area (Å²) in [5.74, 6) is 0.841. The maximum absolute atomic E-state index is 12.6. The van der Waals surface area contributed by atoms with Gasteiger partial charge in [0, 0.05) is 6.42 Å². The fourth-order valence-electron chi connectivity index (χ4n) is 1.71. The van der Waals surface area contributed by atoms with Crippen LogP contribution in [0.3, 0.4) is 0 Å². The molecule has 2 atom stereocenters. The molecular formula is C14H17FO3. The van der Waals surface area contributed by atoms with Crippen LogP contribution in [0.1, 0.15) is 19.8 Å². The molecule has 18 heavy (non-hydrogen) atoms. The highest BCUT2D eigenvalue weighted by atomic mass is 19.1. The quantitative estimate of drug-likeness (QED) is 0.577. The zero-order chi connectivity index (χ0) is 13.0. The summed E-state index contributed by atoms with van der Waals surface area (Å²) in [4.78, 5) is 11.4. The van der Waals surface area contributed by atoms with Gasteiger partial charge in [0.25, 0.3) is 0 Å². The highest BCUT2D eigenvalue weighted by molar-refractivity contribution is 5.75. The van der Waals surface area contributed by atoms with E-state index in [2.05, 4.69) is 0 Å². The third-order valence-electron chi connectivity index (χ3n) is 3.03. The third-order valence-corrected chi connectivity index (χ3v) is 3.03. The van der Waals surface area contributed by atoms with Crippen molar-refractivity contribution in [3.8, 4) is 5.75 Å². The number of rotatable bonds is 6. The number of carbonyl (C=O) groups is 1. The van der Waals surface area contributed by atoms with Gasteiger partial charge in [0.05, 0.1) is 19.1 Å². The van der Waals surface area contributed by atoms with E-state index in [1.54, 1.807) is 12.1 Å². The second-order valence-electron chi connectivity index (χ2n) is 4.64. The standard InChI is InChI=1S/C14H17FO3/c1-10-9-13(10)14(16)18-8-2-7-17-12-5-3-11(15)4-6-12/h3-6,10,13H,2,7-9H2,1H3. The Morgan fingerprint density at radius 1 is 1.33 bits per heavy atom. The van der Waals surface area contributed by atoms with Gasteiger partial charge in [-0.05, 0) is 36.6 Å². The molecule has 1 saturated carbocycles. The minimum atomic E-state index is -0.283. The lowest BCUT2D eigenvalue weighted by atomic mass is 10.3. The summed E-state index contributed by atoms with van der Waals surface area (Å²) in [6.07, 6.45) is 1.59. The average molecular weight is 252 g/mol. The van der Waals surface area contributed by atoms with Crippen LogP contribution < -0.4 is 4.74 Å². The van der Waals surface area contributed by atoms with Crippen LogP contribution in [0.25, 0.3) is 0 Å². The van der Waals surface area contributed by atoms with Crippen LogP contribution in [-0.2, 0) is 9.53 Å². The van der Waals surface area contributed by atoms with Crippen molar-refractivity contribution in [2.75, 3.05) is 13.2 Å². The Morgan fingerprint density at radius 3 is 2.61 bits per heavy atom. The molecule has 1 fully saturated rings. The van der Waals surface area contributed by atoms with E-state index in [1.807, 2.05) is 6.92 Å². The fraction of sp³-hybridized carbons (Fsp3) is 0.500. The molecule has 98 valence electrons. The largest absolute Gasteiger partial charge is 0.493 e. The van der Waals surface area contributed by atoms with Crippen molar-refractivity contribution >= 4 is 5.97 Å². The molecule has 0 N–H and O–H groups in total. The number of ether oxygens (including phenoxy) is 2. The summed E-state index contributed by atoms with van der Waals surface area (Å²) in [6, 6.07) is 5.86. The van der Waals surface area contributed by atoms with Gasteiger partial charge in [0.15, 0.2) is 0 Å². The van der Waals surface area contributed by atoms with E-state index >= 15 is 0 Å².